The zero-order valence-electron chi connectivity index (χ0n) is 24.1. The van der Waals surface area contributed by atoms with Crippen LogP contribution in [0, 0.1) is 0 Å². The predicted molar refractivity (Wildman–Crippen MR) is 170 cm³/mol. The lowest BCUT2D eigenvalue weighted by Crippen LogP contribution is -2.31. The third-order valence-corrected chi connectivity index (χ3v) is 8.10. The van der Waals surface area contributed by atoms with Gasteiger partial charge in [-0.25, -0.2) is 9.79 Å². The van der Waals surface area contributed by atoms with Gasteiger partial charge in [0.1, 0.15) is 23.9 Å². The van der Waals surface area contributed by atoms with Crippen molar-refractivity contribution in [2.24, 2.45) is 4.99 Å². The fourth-order valence-electron chi connectivity index (χ4n) is 4.81. The van der Waals surface area contributed by atoms with E-state index in [-0.39, 0.29) is 18.3 Å². The zero-order chi connectivity index (χ0) is 30.5. The topological polar surface area (TPSA) is 106 Å². The molecule has 2 aromatic heterocycles. The molecule has 1 aliphatic heterocycles. The number of amides is 1. The van der Waals surface area contributed by atoms with Crippen LogP contribution in [0.5, 0.6) is 11.5 Å². The zero-order valence-corrected chi connectivity index (χ0v) is 24.9. The number of hydrogen-bond acceptors (Lipinski definition) is 8. The summed E-state index contributed by atoms with van der Waals surface area (Å²) in [5, 5.41) is 1.73. The number of methoxy groups -OCH3 is 2. The minimum atomic E-state index is -0.556. The van der Waals surface area contributed by atoms with E-state index in [1.54, 1.807) is 24.1 Å². The number of esters is 1. The first kappa shape index (κ1) is 28.9. The van der Waals surface area contributed by atoms with Crippen molar-refractivity contribution in [1.82, 2.24) is 9.88 Å². The molecule has 44 heavy (non-hydrogen) atoms. The fourth-order valence-corrected chi connectivity index (χ4v) is 5.83. The summed E-state index contributed by atoms with van der Waals surface area (Å²) in [6.45, 7) is 0.554. The maximum Gasteiger partial charge on any atom is 0.373 e. The van der Waals surface area contributed by atoms with Crippen molar-refractivity contribution in [3.63, 3.8) is 0 Å². The van der Waals surface area contributed by atoms with Crippen molar-refractivity contribution >= 4 is 51.5 Å². The van der Waals surface area contributed by atoms with Gasteiger partial charge in [-0.15, -0.1) is 0 Å². The molecule has 6 rings (SSSR count). The molecule has 10 heteroatoms. The van der Waals surface area contributed by atoms with E-state index in [1.807, 2.05) is 79.0 Å². The monoisotopic (exact) mass is 607 g/mol. The molecule has 0 aliphatic carbocycles. The second kappa shape index (κ2) is 13.0. The van der Waals surface area contributed by atoms with Crippen LogP contribution in [0.4, 0.5) is 5.69 Å². The van der Waals surface area contributed by atoms with Crippen LogP contribution in [-0.2, 0) is 22.6 Å². The lowest BCUT2D eigenvalue weighted by molar-refractivity contribution is -0.122. The first-order valence-corrected chi connectivity index (χ1v) is 14.7. The quantitative estimate of drug-likeness (QED) is 0.135. The van der Waals surface area contributed by atoms with Crippen molar-refractivity contribution in [3.05, 3.63) is 119 Å². The van der Waals surface area contributed by atoms with Crippen molar-refractivity contribution in [3.8, 4) is 11.5 Å². The summed E-state index contributed by atoms with van der Waals surface area (Å²) < 4.78 is 21.5. The molecule has 0 atom stereocenters. The molecule has 1 aliphatic rings. The van der Waals surface area contributed by atoms with Gasteiger partial charge in [-0.2, -0.15) is 0 Å². The number of aromatic nitrogens is 1. The number of carbonyl (C=O) groups excluding carboxylic acids is 2. The Bertz CT molecular complexity index is 1870. The smallest absolute Gasteiger partial charge is 0.373 e. The molecule has 0 unspecified atom stereocenters. The molecular formula is C34H29N3O6S. The van der Waals surface area contributed by atoms with Gasteiger partial charge in [0, 0.05) is 29.2 Å². The van der Waals surface area contributed by atoms with E-state index in [0.717, 1.165) is 27.8 Å². The average molecular weight is 608 g/mol. The highest BCUT2D eigenvalue weighted by atomic mass is 32.2. The molecule has 0 radical (unpaired) electrons. The third kappa shape index (κ3) is 6.25. The van der Waals surface area contributed by atoms with Crippen LogP contribution in [-0.4, -0.2) is 47.7 Å². The number of para-hydroxylation sites is 2. The molecule has 0 spiro atoms. The Morgan fingerprint density at radius 1 is 1.00 bits per heavy atom. The van der Waals surface area contributed by atoms with Crippen LogP contribution >= 0.6 is 11.8 Å². The lowest BCUT2D eigenvalue weighted by Gasteiger charge is -2.15. The fraction of sp³-hybridized carbons (Fsp3) is 0.147. The number of hydrogen-bond donors (Lipinski definition) is 1. The van der Waals surface area contributed by atoms with Crippen LogP contribution in [0.25, 0.3) is 17.0 Å². The Kier molecular flexibility index (Phi) is 8.51. The van der Waals surface area contributed by atoms with E-state index in [9.17, 15) is 9.59 Å². The van der Waals surface area contributed by atoms with Gasteiger partial charge < -0.3 is 23.6 Å². The summed E-state index contributed by atoms with van der Waals surface area (Å²) in [6.07, 6.45) is 4.47. The van der Waals surface area contributed by atoms with Crippen LogP contribution in [0.2, 0.25) is 0 Å². The number of aromatic amines is 1. The highest BCUT2D eigenvalue weighted by Gasteiger charge is 2.33. The van der Waals surface area contributed by atoms with E-state index in [1.165, 1.54) is 18.9 Å². The molecule has 9 nitrogen and oxygen atoms in total. The van der Waals surface area contributed by atoms with Crippen LogP contribution < -0.4 is 9.47 Å². The highest BCUT2D eigenvalue weighted by Crippen LogP contribution is 2.36. The Hall–Kier alpha value is -5.22. The minimum Gasteiger partial charge on any atom is -0.497 e. The molecule has 0 saturated carbocycles. The molecule has 0 bridgehead atoms. The van der Waals surface area contributed by atoms with E-state index in [2.05, 4.69) is 11.1 Å². The first-order chi connectivity index (χ1) is 21.5. The molecule has 3 heterocycles. The maximum absolute atomic E-state index is 13.8. The second-order valence-electron chi connectivity index (χ2n) is 9.85. The van der Waals surface area contributed by atoms with Gasteiger partial charge in [-0.1, -0.05) is 36.4 Å². The van der Waals surface area contributed by atoms with Gasteiger partial charge in [-0.05, 0) is 78.4 Å². The normalized spacial score (nSPS) is 15.0. The van der Waals surface area contributed by atoms with Gasteiger partial charge in [0.05, 0.1) is 24.8 Å². The molecule has 1 N–H and O–H groups in total. The Labute approximate surface area is 258 Å². The molecular weight excluding hydrogens is 578 g/mol. The van der Waals surface area contributed by atoms with E-state index < -0.39 is 5.97 Å². The number of carbonyl (C=O) groups is 2. The van der Waals surface area contributed by atoms with E-state index in [0.29, 0.717) is 40.2 Å². The number of nitrogens with zero attached hydrogens (tertiary/aromatic N) is 2. The lowest BCUT2D eigenvalue weighted by atomic mass is 10.1. The van der Waals surface area contributed by atoms with E-state index in [4.69, 9.17) is 23.6 Å². The maximum atomic E-state index is 13.8. The van der Waals surface area contributed by atoms with E-state index >= 15 is 0 Å². The van der Waals surface area contributed by atoms with Gasteiger partial charge in [0.2, 0.25) is 5.76 Å². The number of amidine groups is 1. The molecule has 3 aromatic carbocycles. The minimum absolute atomic E-state index is 0.0964. The number of rotatable bonds is 10. The van der Waals surface area contributed by atoms with Gasteiger partial charge in [0.15, 0.2) is 5.17 Å². The average Bonchev–Trinajstić information content (AvgIpc) is 3.78. The van der Waals surface area contributed by atoms with Gasteiger partial charge >= 0.3 is 5.97 Å². The number of ether oxygens (including phenoxy) is 3. The molecule has 222 valence electrons. The SMILES string of the molecule is COC(=O)c1ccc(COc2ccccc2/C=C2\SC(=Nc3ccc(OC)cc3)N(CCc3c[nH]c4ccccc34)C2=O)o1. The van der Waals surface area contributed by atoms with Crippen LogP contribution in [0.15, 0.2) is 105 Å². The number of aliphatic imine (C=N–C) groups is 1. The second-order valence-corrected chi connectivity index (χ2v) is 10.9. The Balaban J connectivity index is 1.26. The number of fused-ring (bicyclic) bond motifs is 1. The summed E-state index contributed by atoms with van der Waals surface area (Å²) in [6, 6.07) is 26.2. The predicted octanol–water partition coefficient (Wildman–Crippen LogP) is 6.98. The van der Waals surface area contributed by atoms with Crippen LogP contribution in [0.3, 0.4) is 0 Å². The Morgan fingerprint density at radius 3 is 2.61 bits per heavy atom. The van der Waals surface area contributed by atoms with Crippen molar-refractivity contribution in [1.29, 1.82) is 0 Å². The first-order valence-electron chi connectivity index (χ1n) is 13.9. The van der Waals surface area contributed by atoms with Crippen molar-refractivity contribution in [2.45, 2.75) is 13.0 Å². The largest absolute Gasteiger partial charge is 0.497 e. The molecule has 1 amide bonds. The summed E-state index contributed by atoms with van der Waals surface area (Å²) in [7, 11) is 2.91. The van der Waals surface area contributed by atoms with Gasteiger partial charge in [0.25, 0.3) is 5.91 Å². The van der Waals surface area contributed by atoms with Crippen molar-refractivity contribution in [2.75, 3.05) is 20.8 Å². The third-order valence-electron chi connectivity index (χ3n) is 7.09. The standard InChI is InChI=1S/C34H29N3O6S/c1-40-25-13-11-24(12-14-25)36-34-37(18-17-23-20-35-28-9-5-4-8-27(23)28)32(38)31(44-34)19-22-7-3-6-10-29(22)42-21-26-15-16-30(43-26)33(39)41-2/h3-16,19-20,35H,17-18,21H2,1-2H3/b31-19-,36-34?. The Morgan fingerprint density at radius 2 is 1.80 bits per heavy atom. The van der Waals surface area contributed by atoms with Crippen molar-refractivity contribution < 1.29 is 28.2 Å². The van der Waals surface area contributed by atoms with Gasteiger partial charge in [-0.3, -0.25) is 9.69 Å². The number of H-pyrrole nitrogens is 1. The summed E-state index contributed by atoms with van der Waals surface area (Å²) in [5.41, 5.74) is 3.63. The summed E-state index contributed by atoms with van der Waals surface area (Å²) in [5.74, 6) is 1.18. The number of thioether (sulfide) groups is 1. The number of nitrogens with one attached hydrogen (secondary N) is 1. The number of furan rings is 1. The molecule has 1 saturated heterocycles. The molecule has 5 aromatic rings. The molecule has 1 fully saturated rings. The highest BCUT2D eigenvalue weighted by molar-refractivity contribution is 8.18. The summed E-state index contributed by atoms with van der Waals surface area (Å²) >= 11 is 1.32. The number of benzene rings is 3. The van der Waals surface area contributed by atoms with Crippen LogP contribution in [0.1, 0.15) is 27.4 Å². The summed E-state index contributed by atoms with van der Waals surface area (Å²) in [4.78, 5) is 36.0.